The van der Waals surface area contributed by atoms with Crippen LogP contribution in [0.3, 0.4) is 0 Å². The molecule has 0 fully saturated rings. The van der Waals surface area contributed by atoms with E-state index in [4.69, 9.17) is 0 Å². The highest BCUT2D eigenvalue weighted by Gasteiger charge is 2.10. The molecule has 0 saturated heterocycles. The van der Waals surface area contributed by atoms with Crippen molar-refractivity contribution in [3.63, 3.8) is 0 Å². The van der Waals surface area contributed by atoms with Crippen LogP contribution in [0.15, 0.2) is 67.0 Å². The van der Waals surface area contributed by atoms with Crippen LogP contribution in [0.4, 0.5) is 0 Å². The minimum Gasteiger partial charge on any atom is -0.388 e. The fraction of sp³-hybridized carbons (Fsp3) is 0.118. The third-order valence-electron chi connectivity index (χ3n) is 3.34. The van der Waals surface area contributed by atoms with E-state index in [0.29, 0.717) is 6.42 Å². The molecule has 0 aliphatic heterocycles. The summed E-state index contributed by atoms with van der Waals surface area (Å²) in [5, 5.41) is 10.2. The lowest BCUT2D eigenvalue weighted by atomic mass is 10.0. The minimum atomic E-state index is -0.536. The van der Waals surface area contributed by atoms with Crippen molar-refractivity contribution in [1.29, 1.82) is 0 Å². The van der Waals surface area contributed by atoms with Crippen LogP contribution in [0.1, 0.15) is 17.5 Å². The lowest BCUT2D eigenvalue weighted by Crippen LogP contribution is -2.03. The molecule has 3 nitrogen and oxygen atoms in total. The Hall–Kier alpha value is -2.10. The van der Waals surface area contributed by atoms with Gasteiger partial charge in [-0.15, -0.1) is 12.4 Å². The average Bonchev–Trinajstić information content (AvgIpc) is 3.01. The topological polar surface area (TPSA) is 48.9 Å². The molecule has 0 amide bonds. The number of H-pyrrole nitrogens is 1. The second-order valence-electron chi connectivity index (χ2n) is 4.74. The van der Waals surface area contributed by atoms with Crippen molar-refractivity contribution in [3.05, 3.63) is 78.4 Å². The molecule has 108 valence electrons. The zero-order valence-corrected chi connectivity index (χ0v) is 12.3. The third kappa shape index (κ3) is 3.72. The Morgan fingerprint density at radius 1 is 0.952 bits per heavy atom. The zero-order valence-electron chi connectivity index (χ0n) is 11.4. The molecule has 0 aliphatic rings. The standard InChI is InChI=1S/C17H16N2O.ClH/c20-16(12-17-18-10-11-19-17)15-8-6-14(7-9-15)13-4-2-1-3-5-13;/h1-11,16,20H,12H2,(H,18,19);1H. The average molecular weight is 301 g/mol. The first kappa shape index (κ1) is 15.3. The summed E-state index contributed by atoms with van der Waals surface area (Å²) < 4.78 is 0. The molecule has 0 bridgehead atoms. The number of hydrogen-bond acceptors (Lipinski definition) is 2. The van der Waals surface area contributed by atoms with Crippen LogP contribution in [0.2, 0.25) is 0 Å². The molecule has 21 heavy (non-hydrogen) atoms. The number of nitrogens with zero attached hydrogens (tertiary/aromatic N) is 1. The van der Waals surface area contributed by atoms with E-state index in [9.17, 15) is 5.11 Å². The van der Waals surface area contributed by atoms with E-state index in [2.05, 4.69) is 22.1 Å². The quantitative estimate of drug-likeness (QED) is 0.770. The van der Waals surface area contributed by atoms with Crippen molar-refractivity contribution >= 4 is 12.4 Å². The van der Waals surface area contributed by atoms with E-state index >= 15 is 0 Å². The van der Waals surface area contributed by atoms with Crippen molar-refractivity contribution in [2.75, 3.05) is 0 Å². The maximum absolute atomic E-state index is 10.2. The number of nitrogens with one attached hydrogen (secondary N) is 1. The van der Waals surface area contributed by atoms with Crippen molar-refractivity contribution in [2.45, 2.75) is 12.5 Å². The molecule has 0 saturated carbocycles. The Morgan fingerprint density at radius 3 is 2.24 bits per heavy atom. The van der Waals surface area contributed by atoms with Crippen molar-refractivity contribution in [2.24, 2.45) is 0 Å². The molecule has 3 rings (SSSR count). The number of benzene rings is 2. The van der Waals surface area contributed by atoms with Crippen LogP contribution in [0, 0.1) is 0 Å². The van der Waals surface area contributed by atoms with E-state index < -0.39 is 6.10 Å². The lowest BCUT2D eigenvalue weighted by Gasteiger charge is -2.10. The van der Waals surface area contributed by atoms with Crippen molar-refractivity contribution < 1.29 is 5.11 Å². The molecule has 0 aliphatic carbocycles. The second kappa shape index (κ2) is 7.07. The van der Waals surface area contributed by atoms with E-state index in [0.717, 1.165) is 17.0 Å². The number of hydrogen-bond donors (Lipinski definition) is 2. The first-order valence-electron chi connectivity index (χ1n) is 6.64. The number of aliphatic hydroxyl groups is 1. The first-order valence-corrected chi connectivity index (χ1v) is 6.64. The van der Waals surface area contributed by atoms with E-state index in [1.54, 1.807) is 12.4 Å². The SMILES string of the molecule is Cl.OC(Cc1ncc[nH]1)c1ccc(-c2ccccc2)cc1. The zero-order chi connectivity index (χ0) is 13.8. The highest BCUT2D eigenvalue weighted by atomic mass is 35.5. The van der Waals surface area contributed by atoms with E-state index in [1.165, 1.54) is 5.56 Å². The van der Waals surface area contributed by atoms with Crippen LogP contribution in [0.5, 0.6) is 0 Å². The Morgan fingerprint density at radius 2 is 1.62 bits per heavy atom. The molecule has 0 radical (unpaired) electrons. The van der Waals surface area contributed by atoms with Gasteiger partial charge in [0.05, 0.1) is 6.10 Å². The number of imidazole rings is 1. The molecule has 4 heteroatoms. The summed E-state index contributed by atoms with van der Waals surface area (Å²) in [6.07, 6.45) is 3.42. The van der Waals surface area contributed by atoms with Gasteiger partial charge in [-0.2, -0.15) is 0 Å². The molecular weight excluding hydrogens is 284 g/mol. The first-order chi connectivity index (χ1) is 9.83. The summed E-state index contributed by atoms with van der Waals surface area (Å²) >= 11 is 0. The molecule has 0 spiro atoms. The Balaban J connectivity index is 0.00000161. The van der Waals surface area contributed by atoms with Gasteiger partial charge < -0.3 is 10.1 Å². The lowest BCUT2D eigenvalue weighted by molar-refractivity contribution is 0.176. The molecule has 2 aromatic carbocycles. The Bertz CT molecular complexity index is 651. The summed E-state index contributed by atoms with van der Waals surface area (Å²) in [5.74, 6) is 0.796. The highest BCUT2D eigenvalue weighted by molar-refractivity contribution is 5.85. The Kier molecular flexibility index (Phi) is 5.14. The fourth-order valence-corrected chi connectivity index (χ4v) is 2.24. The molecular formula is C17H17ClN2O. The monoisotopic (exact) mass is 300 g/mol. The summed E-state index contributed by atoms with van der Waals surface area (Å²) in [4.78, 5) is 7.14. The summed E-state index contributed by atoms with van der Waals surface area (Å²) in [5.41, 5.74) is 3.24. The number of aromatic amines is 1. The van der Waals surface area contributed by atoms with Gasteiger partial charge >= 0.3 is 0 Å². The summed E-state index contributed by atoms with van der Waals surface area (Å²) in [7, 11) is 0. The maximum Gasteiger partial charge on any atom is 0.108 e. The highest BCUT2D eigenvalue weighted by Crippen LogP contribution is 2.23. The van der Waals surface area contributed by atoms with Crippen molar-refractivity contribution in [3.8, 4) is 11.1 Å². The van der Waals surface area contributed by atoms with Gasteiger partial charge in [0.2, 0.25) is 0 Å². The van der Waals surface area contributed by atoms with Gasteiger partial charge in [0.15, 0.2) is 0 Å². The van der Waals surface area contributed by atoms with E-state index in [1.807, 2.05) is 42.5 Å². The molecule has 1 atom stereocenters. The van der Waals surface area contributed by atoms with E-state index in [-0.39, 0.29) is 12.4 Å². The fourth-order valence-electron chi connectivity index (χ4n) is 2.24. The number of rotatable bonds is 4. The minimum absolute atomic E-state index is 0. The van der Waals surface area contributed by atoms with Crippen LogP contribution >= 0.6 is 12.4 Å². The summed E-state index contributed by atoms with van der Waals surface area (Å²) in [6, 6.07) is 18.2. The van der Waals surface area contributed by atoms with Gasteiger partial charge in [0.1, 0.15) is 5.82 Å². The molecule has 1 heterocycles. The van der Waals surface area contributed by atoms with Gasteiger partial charge in [0, 0.05) is 18.8 Å². The number of halogens is 1. The molecule has 1 unspecified atom stereocenters. The second-order valence-corrected chi connectivity index (χ2v) is 4.74. The van der Waals surface area contributed by atoms with Crippen molar-refractivity contribution in [1.82, 2.24) is 9.97 Å². The Labute approximate surface area is 130 Å². The summed E-state index contributed by atoms with van der Waals surface area (Å²) in [6.45, 7) is 0. The van der Waals surface area contributed by atoms with Crippen LogP contribution in [-0.2, 0) is 6.42 Å². The third-order valence-corrected chi connectivity index (χ3v) is 3.34. The predicted octanol–water partition coefficient (Wildman–Crippen LogP) is 3.77. The normalized spacial score (nSPS) is 11.7. The van der Waals surface area contributed by atoms with Gasteiger partial charge in [-0.05, 0) is 16.7 Å². The van der Waals surface area contributed by atoms with Gasteiger partial charge in [-0.1, -0.05) is 54.6 Å². The van der Waals surface area contributed by atoms with Crippen LogP contribution in [0.25, 0.3) is 11.1 Å². The maximum atomic E-state index is 10.2. The number of aromatic nitrogens is 2. The largest absolute Gasteiger partial charge is 0.388 e. The van der Waals surface area contributed by atoms with Gasteiger partial charge in [-0.25, -0.2) is 4.98 Å². The number of aliphatic hydroxyl groups excluding tert-OH is 1. The smallest absolute Gasteiger partial charge is 0.108 e. The predicted molar refractivity (Wildman–Crippen MR) is 86.4 cm³/mol. The van der Waals surface area contributed by atoms with Crippen LogP contribution < -0.4 is 0 Å². The molecule has 3 aromatic rings. The van der Waals surface area contributed by atoms with Crippen LogP contribution in [-0.4, -0.2) is 15.1 Å². The van der Waals surface area contributed by atoms with Gasteiger partial charge in [0.25, 0.3) is 0 Å². The molecule has 2 N–H and O–H groups in total. The van der Waals surface area contributed by atoms with Gasteiger partial charge in [-0.3, -0.25) is 0 Å². The molecule has 1 aromatic heterocycles.